The first-order valence-corrected chi connectivity index (χ1v) is 7.50. The summed E-state index contributed by atoms with van der Waals surface area (Å²) in [5.74, 6) is 0.863. The van der Waals surface area contributed by atoms with Crippen molar-refractivity contribution in [3.05, 3.63) is 59.4 Å². The first kappa shape index (κ1) is 13.8. The summed E-state index contributed by atoms with van der Waals surface area (Å²) in [6, 6.07) is 11.5. The number of aromatic nitrogens is 1. The number of ether oxygens (including phenoxy) is 1. The Balaban J connectivity index is 1.86. The molecule has 0 radical (unpaired) electrons. The first-order valence-electron chi connectivity index (χ1n) is 7.50. The molecular formula is C18H19NO2. The SMILES string of the molecule is CCOc1ccc(C(=O)C2CCCc3cccnc32)cc1. The fourth-order valence-electron chi connectivity index (χ4n) is 2.95. The van der Waals surface area contributed by atoms with E-state index in [9.17, 15) is 4.79 Å². The summed E-state index contributed by atoms with van der Waals surface area (Å²) in [6.07, 6.45) is 4.74. The van der Waals surface area contributed by atoms with Crippen molar-refractivity contribution in [2.24, 2.45) is 0 Å². The van der Waals surface area contributed by atoms with Gasteiger partial charge in [0.15, 0.2) is 5.78 Å². The maximum Gasteiger partial charge on any atom is 0.171 e. The smallest absolute Gasteiger partial charge is 0.171 e. The molecule has 3 heteroatoms. The Morgan fingerprint density at radius 3 is 2.86 bits per heavy atom. The van der Waals surface area contributed by atoms with Gasteiger partial charge >= 0.3 is 0 Å². The number of rotatable bonds is 4. The maximum atomic E-state index is 12.8. The number of carbonyl (C=O) groups is 1. The lowest BCUT2D eigenvalue weighted by atomic mass is 9.82. The summed E-state index contributed by atoms with van der Waals surface area (Å²) in [6.45, 7) is 2.58. The number of hydrogen-bond donors (Lipinski definition) is 0. The zero-order chi connectivity index (χ0) is 14.7. The fourth-order valence-corrected chi connectivity index (χ4v) is 2.95. The van der Waals surface area contributed by atoms with Gasteiger partial charge in [0.25, 0.3) is 0 Å². The van der Waals surface area contributed by atoms with Crippen molar-refractivity contribution < 1.29 is 9.53 Å². The minimum atomic E-state index is -0.104. The van der Waals surface area contributed by atoms with Crippen molar-refractivity contribution in [1.29, 1.82) is 0 Å². The molecule has 1 aromatic heterocycles. The highest BCUT2D eigenvalue weighted by atomic mass is 16.5. The molecule has 0 saturated heterocycles. The molecule has 1 aliphatic carbocycles. The predicted octanol–water partition coefficient (Wildman–Crippen LogP) is 3.78. The molecule has 1 atom stereocenters. The highest BCUT2D eigenvalue weighted by molar-refractivity contribution is 6.01. The number of ketones is 1. The minimum Gasteiger partial charge on any atom is -0.494 e. The molecule has 108 valence electrons. The van der Waals surface area contributed by atoms with Gasteiger partial charge in [0.05, 0.1) is 18.2 Å². The Hall–Kier alpha value is -2.16. The molecule has 2 aromatic rings. The minimum absolute atomic E-state index is 0.104. The topological polar surface area (TPSA) is 39.2 Å². The number of nitrogens with zero attached hydrogens (tertiary/aromatic N) is 1. The number of aryl methyl sites for hydroxylation is 1. The van der Waals surface area contributed by atoms with Crippen molar-refractivity contribution in [1.82, 2.24) is 4.98 Å². The quantitative estimate of drug-likeness (QED) is 0.800. The van der Waals surface area contributed by atoms with Gasteiger partial charge in [-0.3, -0.25) is 9.78 Å². The van der Waals surface area contributed by atoms with E-state index < -0.39 is 0 Å². The number of Topliss-reactive ketones (excluding diaryl/α,β-unsaturated/α-hetero) is 1. The second kappa shape index (κ2) is 6.08. The molecule has 0 amide bonds. The molecule has 0 bridgehead atoms. The van der Waals surface area contributed by atoms with Crippen molar-refractivity contribution in [2.75, 3.05) is 6.61 Å². The largest absolute Gasteiger partial charge is 0.494 e. The molecule has 3 nitrogen and oxygen atoms in total. The van der Waals surface area contributed by atoms with Gasteiger partial charge in [0.2, 0.25) is 0 Å². The van der Waals surface area contributed by atoms with E-state index in [0.29, 0.717) is 6.61 Å². The second-order valence-corrected chi connectivity index (χ2v) is 5.31. The van der Waals surface area contributed by atoms with E-state index in [1.807, 2.05) is 37.3 Å². The summed E-state index contributed by atoms with van der Waals surface area (Å²) >= 11 is 0. The first-order chi connectivity index (χ1) is 10.3. The lowest BCUT2D eigenvalue weighted by Crippen LogP contribution is -2.20. The standard InChI is InChI=1S/C18H19NO2/c1-2-21-15-10-8-14(9-11-15)18(20)16-7-3-5-13-6-4-12-19-17(13)16/h4,6,8-12,16H,2-3,5,7H2,1H3. The van der Waals surface area contributed by atoms with Gasteiger partial charge in [-0.1, -0.05) is 6.07 Å². The van der Waals surface area contributed by atoms with Crippen LogP contribution in [0.2, 0.25) is 0 Å². The molecule has 1 heterocycles. The lowest BCUT2D eigenvalue weighted by molar-refractivity contribution is 0.0949. The number of hydrogen-bond acceptors (Lipinski definition) is 3. The highest BCUT2D eigenvalue weighted by Crippen LogP contribution is 2.32. The van der Waals surface area contributed by atoms with Crippen molar-refractivity contribution in [3.63, 3.8) is 0 Å². The van der Waals surface area contributed by atoms with Gasteiger partial charge in [-0.05, 0) is 62.1 Å². The van der Waals surface area contributed by atoms with Crippen LogP contribution in [-0.4, -0.2) is 17.4 Å². The Morgan fingerprint density at radius 1 is 1.29 bits per heavy atom. The Bertz CT molecular complexity index is 634. The second-order valence-electron chi connectivity index (χ2n) is 5.31. The van der Waals surface area contributed by atoms with E-state index in [-0.39, 0.29) is 11.7 Å². The van der Waals surface area contributed by atoms with Crippen LogP contribution in [0, 0.1) is 0 Å². The summed E-state index contributed by atoms with van der Waals surface area (Å²) in [5, 5.41) is 0. The third-order valence-corrected chi connectivity index (χ3v) is 3.96. The van der Waals surface area contributed by atoms with Gasteiger partial charge < -0.3 is 4.74 Å². The average Bonchev–Trinajstić information content (AvgIpc) is 2.55. The van der Waals surface area contributed by atoms with Crippen LogP contribution in [0.5, 0.6) is 5.75 Å². The third-order valence-electron chi connectivity index (χ3n) is 3.96. The predicted molar refractivity (Wildman–Crippen MR) is 81.9 cm³/mol. The summed E-state index contributed by atoms with van der Waals surface area (Å²) in [5.41, 5.74) is 2.91. The van der Waals surface area contributed by atoms with E-state index >= 15 is 0 Å². The summed E-state index contributed by atoms with van der Waals surface area (Å²) in [7, 11) is 0. The van der Waals surface area contributed by atoms with Crippen LogP contribution in [0.3, 0.4) is 0 Å². The zero-order valence-electron chi connectivity index (χ0n) is 12.2. The van der Waals surface area contributed by atoms with E-state index in [0.717, 1.165) is 36.3 Å². The van der Waals surface area contributed by atoms with Gasteiger partial charge in [0.1, 0.15) is 5.75 Å². The van der Waals surface area contributed by atoms with Crippen LogP contribution in [-0.2, 0) is 6.42 Å². The zero-order valence-corrected chi connectivity index (χ0v) is 12.2. The molecule has 0 fully saturated rings. The van der Waals surface area contributed by atoms with Gasteiger partial charge in [-0.25, -0.2) is 0 Å². The highest BCUT2D eigenvalue weighted by Gasteiger charge is 2.28. The van der Waals surface area contributed by atoms with Crippen molar-refractivity contribution >= 4 is 5.78 Å². The summed E-state index contributed by atoms with van der Waals surface area (Å²) < 4.78 is 5.42. The van der Waals surface area contributed by atoms with Crippen LogP contribution >= 0.6 is 0 Å². The van der Waals surface area contributed by atoms with E-state index in [4.69, 9.17) is 4.74 Å². The number of carbonyl (C=O) groups excluding carboxylic acids is 1. The van der Waals surface area contributed by atoms with E-state index in [1.54, 1.807) is 6.20 Å². The Labute approximate surface area is 125 Å². The Morgan fingerprint density at radius 2 is 2.10 bits per heavy atom. The molecule has 0 spiro atoms. The van der Waals surface area contributed by atoms with Crippen LogP contribution in [0.25, 0.3) is 0 Å². The number of benzene rings is 1. The molecule has 0 N–H and O–H groups in total. The monoisotopic (exact) mass is 281 g/mol. The van der Waals surface area contributed by atoms with Gasteiger partial charge in [-0.15, -0.1) is 0 Å². The van der Waals surface area contributed by atoms with Crippen LogP contribution in [0.4, 0.5) is 0 Å². The molecule has 0 aliphatic heterocycles. The average molecular weight is 281 g/mol. The van der Waals surface area contributed by atoms with E-state index in [1.165, 1.54) is 5.56 Å². The normalized spacial score (nSPS) is 17.1. The molecular weight excluding hydrogens is 262 g/mol. The molecule has 1 aliphatic rings. The fraction of sp³-hybridized carbons (Fsp3) is 0.333. The van der Waals surface area contributed by atoms with Crippen LogP contribution in [0.1, 0.15) is 47.3 Å². The molecule has 1 aromatic carbocycles. The third kappa shape index (κ3) is 2.82. The number of fused-ring (bicyclic) bond motifs is 1. The van der Waals surface area contributed by atoms with Gasteiger partial charge in [0, 0.05) is 11.8 Å². The summed E-state index contributed by atoms with van der Waals surface area (Å²) in [4.78, 5) is 17.2. The van der Waals surface area contributed by atoms with Crippen LogP contribution in [0.15, 0.2) is 42.6 Å². The molecule has 0 saturated carbocycles. The van der Waals surface area contributed by atoms with E-state index in [2.05, 4.69) is 11.1 Å². The Kier molecular flexibility index (Phi) is 4.00. The van der Waals surface area contributed by atoms with Crippen LogP contribution < -0.4 is 4.74 Å². The number of pyridine rings is 1. The van der Waals surface area contributed by atoms with Crippen molar-refractivity contribution in [2.45, 2.75) is 32.1 Å². The molecule has 3 rings (SSSR count). The van der Waals surface area contributed by atoms with Gasteiger partial charge in [-0.2, -0.15) is 0 Å². The lowest BCUT2D eigenvalue weighted by Gasteiger charge is -2.23. The maximum absolute atomic E-state index is 12.8. The van der Waals surface area contributed by atoms with Crippen molar-refractivity contribution in [3.8, 4) is 5.75 Å². The molecule has 1 unspecified atom stereocenters. The molecule has 21 heavy (non-hydrogen) atoms.